The van der Waals surface area contributed by atoms with Crippen LogP contribution in [-0.2, 0) is 15.7 Å². The molecule has 16 heavy (non-hydrogen) atoms. The molecular formula is C7H10F3N3O2S. The van der Waals surface area contributed by atoms with Crippen molar-refractivity contribution in [3.8, 4) is 0 Å². The van der Waals surface area contributed by atoms with E-state index < -0.39 is 18.3 Å². The third-order valence-electron chi connectivity index (χ3n) is 1.63. The summed E-state index contributed by atoms with van der Waals surface area (Å²) in [4.78, 5) is 3.28. The molecule has 1 aromatic heterocycles. The highest BCUT2D eigenvalue weighted by atomic mass is 32.1. The summed E-state index contributed by atoms with van der Waals surface area (Å²) in [5.74, 6) is -1.15. The van der Waals surface area contributed by atoms with Gasteiger partial charge in [0, 0.05) is 25.8 Å². The summed E-state index contributed by atoms with van der Waals surface area (Å²) in [6, 6.07) is 0. The number of hydrogen-bond donors (Lipinski definition) is 1. The Bertz CT molecular complexity index is 327. The second kappa shape index (κ2) is 5.41. The highest BCUT2D eigenvalue weighted by Crippen LogP contribution is 2.28. The summed E-state index contributed by atoms with van der Waals surface area (Å²) in [7, 11) is 2.86. The van der Waals surface area contributed by atoms with Crippen LogP contribution in [0, 0.1) is 0 Å². The average Bonchev–Trinajstić information content (AvgIpc) is 2.67. The van der Waals surface area contributed by atoms with Crippen LogP contribution >= 0.6 is 11.5 Å². The first-order valence-electron chi connectivity index (χ1n) is 4.17. The highest BCUT2D eigenvalue weighted by Gasteiger charge is 2.36. The van der Waals surface area contributed by atoms with E-state index in [1.807, 2.05) is 0 Å². The lowest BCUT2D eigenvalue weighted by Gasteiger charge is -2.12. The lowest BCUT2D eigenvalue weighted by molar-refractivity contribution is -0.144. The first kappa shape index (κ1) is 13.1. The fraction of sp³-hybridized carbons (Fsp3) is 0.714. The molecule has 0 saturated heterocycles. The predicted octanol–water partition coefficient (Wildman–Crippen LogP) is 1.59. The molecule has 1 heterocycles. The Morgan fingerprint density at radius 2 is 2.00 bits per heavy atom. The van der Waals surface area contributed by atoms with Crippen LogP contribution in [0.4, 0.5) is 18.3 Å². The molecular weight excluding hydrogens is 247 g/mol. The fourth-order valence-electron chi connectivity index (χ4n) is 0.844. The normalized spacial score (nSPS) is 12.1. The lowest BCUT2D eigenvalue weighted by Crippen LogP contribution is -2.23. The van der Waals surface area contributed by atoms with Crippen LogP contribution in [0.5, 0.6) is 0 Å². The molecule has 0 radical (unpaired) electrons. The van der Waals surface area contributed by atoms with E-state index in [0.717, 1.165) is 0 Å². The van der Waals surface area contributed by atoms with Gasteiger partial charge in [0.1, 0.15) is 0 Å². The second-order valence-electron chi connectivity index (χ2n) is 2.70. The molecule has 0 aliphatic heterocycles. The monoisotopic (exact) mass is 257 g/mol. The van der Waals surface area contributed by atoms with Gasteiger partial charge in [0.25, 0.3) is 0 Å². The number of ether oxygens (including phenoxy) is 2. The lowest BCUT2D eigenvalue weighted by atomic mass is 10.6. The molecule has 0 atom stereocenters. The smallest absolute Gasteiger partial charge is 0.355 e. The molecule has 1 N–H and O–H groups in total. The van der Waals surface area contributed by atoms with Crippen LogP contribution in [0.1, 0.15) is 5.82 Å². The van der Waals surface area contributed by atoms with Crippen molar-refractivity contribution >= 4 is 16.7 Å². The van der Waals surface area contributed by atoms with Crippen molar-refractivity contribution in [3.05, 3.63) is 5.82 Å². The van der Waals surface area contributed by atoms with E-state index in [1.54, 1.807) is 0 Å². The fourth-order valence-corrected chi connectivity index (χ4v) is 1.44. The maximum Gasteiger partial charge on any atom is 0.452 e. The van der Waals surface area contributed by atoms with Gasteiger partial charge in [-0.15, -0.1) is 0 Å². The summed E-state index contributed by atoms with van der Waals surface area (Å²) in [5, 5.41) is 2.71. The number of alkyl halides is 3. The summed E-state index contributed by atoms with van der Waals surface area (Å²) < 4.78 is 49.3. The molecule has 0 bridgehead atoms. The molecule has 0 aliphatic rings. The molecule has 0 aromatic carbocycles. The molecule has 0 saturated carbocycles. The van der Waals surface area contributed by atoms with Gasteiger partial charge in [-0.1, -0.05) is 0 Å². The molecule has 92 valence electrons. The Morgan fingerprint density at radius 1 is 1.38 bits per heavy atom. The largest absolute Gasteiger partial charge is 0.452 e. The topological polar surface area (TPSA) is 56.3 Å². The minimum absolute atomic E-state index is 0.0754. The van der Waals surface area contributed by atoms with Crippen LogP contribution in [0.2, 0.25) is 0 Å². The summed E-state index contributed by atoms with van der Waals surface area (Å²) in [6.07, 6.45) is -5.06. The Labute approximate surface area is 93.8 Å². The second-order valence-corrected chi connectivity index (χ2v) is 3.45. The SMILES string of the molecule is COC(CNc1nc(C(F)(F)F)ns1)OC. The van der Waals surface area contributed by atoms with Gasteiger partial charge in [-0.25, -0.2) is 0 Å². The van der Waals surface area contributed by atoms with E-state index in [4.69, 9.17) is 9.47 Å². The molecule has 0 fully saturated rings. The number of nitrogens with zero attached hydrogens (tertiary/aromatic N) is 2. The number of anilines is 1. The zero-order valence-corrected chi connectivity index (χ0v) is 9.35. The van der Waals surface area contributed by atoms with Crippen LogP contribution in [-0.4, -0.2) is 36.4 Å². The van der Waals surface area contributed by atoms with Crippen molar-refractivity contribution in [2.24, 2.45) is 0 Å². The standard InChI is InChI=1S/C7H10F3N3O2S/c1-14-4(15-2)3-11-6-12-5(13-16-6)7(8,9)10/h4H,3H2,1-2H3,(H,11,12,13). The van der Waals surface area contributed by atoms with Crippen molar-refractivity contribution in [3.63, 3.8) is 0 Å². The van der Waals surface area contributed by atoms with Gasteiger partial charge in [-0.3, -0.25) is 0 Å². The van der Waals surface area contributed by atoms with E-state index in [-0.39, 0.29) is 11.7 Å². The number of nitrogens with one attached hydrogen (secondary N) is 1. The summed E-state index contributed by atoms with van der Waals surface area (Å²) in [6.45, 7) is 0.194. The first-order chi connectivity index (χ1) is 7.47. The van der Waals surface area contributed by atoms with E-state index in [2.05, 4.69) is 14.7 Å². The number of aromatic nitrogens is 2. The summed E-state index contributed by atoms with van der Waals surface area (Å²) >= 11 is 0.636. The molecule has 5 nitrogen and oxygen atoms in total. The molecule has 0 amide bonds. The number of hydrogen-bond acceptors (Lipinski definition) is 6. The highest BCUT2D eigenvalue weighted by molar-refractivity contribution is 7.09. The average molecular weight is 257 g/mol. The Kier molecular flexibility index (Phi) is 4.44. The maximum atomic E-state index is 12.1. The number of methoxy groups -OCH3 is 2. The zero-order chi connectivity index (χ0) is 12.2. The van der Waals surface area contributed by atoms with E-state index in [0.29, 0.717) is 11.5 Å². The number of halogens is 3. The van der Waals surface area contributed by atoms with Gasteiger partial charge in [-0.05, 0) is 0 Å². The van der Waals surface area contributed by atoms with Crippen molar-refractivity contribution in [1.29, 1.82) is 0 Å². The van der Waals surface area contributed by atoms with Gasteiger partial charge in [0.05, 0.1) is 6.54 Å². The Hall–Kier alpha value is -0.930. The van der Waals surface area contributed by atoms with Gasteiger partial charge < -0.3 is 14.8 Å². The predicted molar refractivity (Wildman–Crippen MR) is 51.2 cm³/mol. The van der Waals surface area contributed by atoms with Crippen molar-refractivity contribution in [2.75, 3.05) is 26.1 Å². The minimum atomic E-state index is -4.52. The molecule has 1 aromatic rings. The first-order valence-corrected chi connectivity index (χ1v) is 4.95. The molecule has 0 unspecified atom stereocenters. The van der Waals surface area contributed by atoms with Gasteiger partial charge >= 0.3 is 6.18 Å². The van der Waals surface area contributed by atoms with E-state index in [9.17, 15) is 13.2 Å². The molecule has 0 spiro atoms. The van der Waals surface area contributed by atoms with Crippen LogP contribution in [0.25, 0.3) is 0 Å². The van der Waals surface area contributed by atoms with Crippen LogP contribution < -0.4 is 5.32 Å². The third kappa shape index (κ3) is 3.58. The van der Waals surface area contributed by atoms with Crippen molar-refractivity contribution in [2.45, 2.75) is 12.5 Å². The Balaban J connectivity index is 2.53. The maximum absolute atomic E-state index is 12.1. The minimum Gasteiger partial charge on any atom is -0.355 e. The quantitative estimate of drug-likeness (QED) is 0.812. The molecule has 9 heteroatoms. The Morgan fingerprint density at radius 3 is 2.44 bits per heavy atom. The third-order valence-corrected chi connectivity index (χ3v) is 2.30. The zero-order valence-electron chi connectivity index (χ0n) is 8.54. The van der Waals surface area contributed by atoms with Gasteiger partial charge in [0.15, 0.2) is 6.29 Å². The van der Waals surface area contributed by atoms with Crippen molar-refractivity contribution in [1.82, 2.24) is 9.36 Å². The van der Waals surface area contributed by atoms with Crippen LogP contribution in [0.15, 0.2) is 0 Å². The summed E-state index contributed by atoms with van der Waals surface area (Å²) in [5.41, 5.74) is 0. The van der Waals surface area contributed by atoms with Gasteiger partial charge in [0.2, 0.25) is 11.0 Å². The molecule has 0 aliphatic carbocycles. The van der Waals surface area contributed by atoms with E-state index >= 15 is 0 Å². The van der Waals surface area contributed by atoms with Crippen molar-refractivity contribution < 1.29 is 22.6 Å². The number of rotatable bonds is 5. The van der Waals surface area contributed by atoms with Crippen LogP contribution in [0.3, 0.4) is 0 Å². The molecule has 1 rings (SSSR count). The van der Waals surface area contributed by atoms with E-state index in [1.165, 1.54) is 14.2 Å². The van der Waals surface area contributed by atoms with Gasteiger partial charge in [-0.2, -0.15) is 22.5 Å².